The average Bonchev–Trinajstić information content (AvgIpc) is 3.15. The van der Waals surface area contributed by atoms with Crippen LogP contribution in [0, 0.1) is 0 Å². The zero-order valence-corrected chi connectivity index (χ0v) is 14.2. The number of hydrogen-bond donors (Lipinski definition) is 1. The monoisotopic (exact) mass is 359 g/mol. The van der Waals surface area contributed by atoms with Crippen LogP contribution in [-0.4, -0.2) is 40.3 Å². The van der Waals surface area contributed by atoms with Gasteiger partial charge in [0.05, 0.1) is 25.5 Å². The average molecular weight is 360 g/mol. The number of nitrogens with one attached hydrogen (secondary N) is 1. The van der Waals surface area contributed by atoms with Crippen LogP contribution >= 0.6 is 11.6 Å². The highest BCUT2D eigenvalue weighted by atomic mass is 35.5. The summed E-state index contributed by atoms with van der Waals surface area (Å²) in [5.74, 6) is 0.497. The van der Waals surface area contributed by atoms with E-state index >= 15 is 0 Å². The number of carbonyl (C=O) groups excluding carboxylic acids is 1. The number of halogens is 1. The van der Waals surface area contributed by atoms with Gasteiger partial charge in [0.25, 0.3) is 5.91 Å². The lowest BCUT2D eigenvalue weighted by atomic mass is 10.1. The first-order valence-corrected chi connectivity index (χ1v) is 7.56. The summed E-state index contributed by atoms with van der Waals surface area (Å²) in [7, 11) is 3.00. The first-order valence-electron chi connectivity index (χ1n) is 7.18. The Labute approximate surface area is 148 Å². The van der Waals surface area contributed by atoms with E-state index in [9.17, 15) is 4.79 Å². The maximum Gasteiger partial charge on any atom is 0.258 e. The number of rotatable bonds is 5. The Morgan fingerprint density at radius 3 is 2.56 bits per heavy atom. The van der Waals surface area contributed by atoms with E-state index < -0.39 is 0 Å². The van der Waals surface area contributed by atoms with Gasteiger partial charge in [-0.2, -0.15) is 4.68 Å². The van der Waals surface area contributed by atoms with Gasteiger partial charge in [-0.15, -0.1) is 5.10 Å². The van der Waals surface area contributed by atoms with Gasteiger partial charge >= 0.3 is 0 Å². The molecule has 1 heterocycles. The summed E-state index contributed by atoms with van der Waals surface area (Å²) >= 11 is 5.96. The Kier molecular flexibility index (Phi) is 4.80. The van der Waals surface area contributed by atoms with Crippen LogP contribution in [0.3, 0.4) is 0 Å². The van der Waals surface area contributed by atoms with E-state index in [0.29, 0.717) is 33.5 Å². The summed E-state index contributed by atoms with van der Waals surface area (Å²) in [5, 5.41) is 14.4. The van der Waals surface area contributed by atoms with Crippen molar-refractivity contribution in [3.05, 3.63) is 53.3 Å². The lowest BCUT2D eigenvalue weighted by molar-refractivity contribution is 0.102. The van der Waals surface area contributed by atoms with E-state index in [4.69, 9.17) is 21.1 Å². The molecular weight excluding hydrogens is 346 g/mol. The third-order valence-electron chi connectivity index (χ3n) is 3.42. The summed E-state index contributed by atoms with van der Waals surface area (Å²) in [4.78, 5) is 12.8. The normalized spacial score (nSPS) is 10.4. The first-order chi connectivity index (χ1) is 12.1. The van der Waals surface area contributed by atoms with Crippen molar-refractivity contribution in [1.29, 1.82) is 0 Å². The topological polar surface area (TPSA) is 91.2 Å². The molecular formula is C16H14ClN5O3. The molecule has 0 bridgehead atoms. The quantitative estimate of drug-likeness (QED) is 0.752. The maximum atomic E-state index is 12.8. The van der Waals surface area contributed by atoms with Gasteiger partial charge in [0.2, 0.25) is 0 Å². The minimum absolute atomic E-state index is 0.310. The van der Waals surface area contributed by atoms with Crippen LogP contribution in [0.2, 0.25) is 5.02 Å². The van der Waals surface area contributed by atoms with Crippen molar-refractivity contribution >= 4 is 23.2 Å². The minimum Gasteiger partial charge on any atom is -0.493 e. The lowest BCUT2D eigenvalue weighted by Crippen LogP contribution is -2.16. The van der Waals surface area contributed by atoms with Gasteiger partial charge in [-0.1, -0.05) is 17.7 Å². The van der Waals surface area contributed by atoms with Gasteiger partial charge in [0.15, 0.2) is 11.5 Å². The van der Waals surface area contributed by atoms with Crippen molar-refractivity contribution in [1.82, 2.24) is 20.2 Å². The highest BCUT2D eigenvalue weighted by Gasteiger charge is 2.19. The second-order valence-corrected chi connectivity index (χ2v) is 5.38. The Morgan fingerprint density at radius 1 is 1.16 bits per heavy atom. The van der Waals surface area contributed by atoms with Crippen molar-refractivity contribution in [3.8, 4) is 17.2 Å². The highest BCUT2D eigenvalue weighted by Crippen LogP contribution is 2.32. The predicted octanol–water partition coefficient (Wildman–Crippen LogP) is 2.59. The predicted molar refractivity (Wildman–Crippen MR) is 91.7 cm³/mol. The maximum absolute atomic E-state index is 12.8. The number of benzene rings is 2. The van der Waals surface area contributed by atoms with Crippen molar-refractivity contribution in [2.45, 2.75) is 0 Å². The summed E-state index contributed by atoms with van der Waals surface area (Å²) in [6.07, 6.45) is 1.39. The molecule has 0 spiro atoms. The van der Waals surface area contributed by atoms with Crippen LogP contribution in [0.4, 0.5) is 5.69 Å². The highest BCUT2D eigenvalue weighted by molar-refractivity contribution is 6.31. The van der Waals surface area contributed by atoms with Crippen LogP contribution in [0.1, 0.15) is 10.4 Å². The molecule has 8 nitrogen and oxygen atoms in total. The molecule has 0 saturated heterocycles. The van der Waals surface area contributed by atoms with Crippen LogP contribution in [-0.2, 0) is 0 Å². The molecule has 1 amide bonds. The Hall–Kier alpha value is -3.13. The van der Waals surface area contributed by atoms with E-state index in [1.807, 2.05) is 0 Å². The summed E-state index contributed by atoms with van der Waals surface area (Å²) in [6, 6.07) is 10.0. The molecule has 0 fully saturated rings. The van der Waals surface area contributed by atoms with Gasteiger partial charge in [-0.05, 0) is 34.7 Å². The number of carbonyl (C=O) groups is 1. The Balaban J connectivity index is 2.05. The van der Waals surface area contributed by atoms with E-state index in [2.05, 4.69) is 20.8 Å². The summed E-state index contributed by atoms with van der Waals surface area (Å²) in [5.41, 5.74) is 1.32. The zero-order chi connectivity index (χ0) is 17.8. The molecule has 0 aliphatic rings. The Morgan fingerprint density at radius 2 is 1.92 bits per heavy atom. The number of nitrogens with zero attached hydrogens (tertiary/aromatic N) is 4. The van der Waals surface area contributed by atoms with Gasteiger partial charge in [-0.3, -0.25) is 4.79 Å². The van der Waals surface area contributed by atoms with Crippen LogP contribution in [0.5, 0.6) is 11.5 Å². The number of anilines is 1. The third kappa shape index (κ3) is 3.53. The van der Waals surface area contributed by atoms with Crippen molar-refractivity contribution in [2.24, 2.45) is 0 Å². The second kappa shape index (κ2) is 7.18. The molecule has 0 saturated carbocycles. The first kappa shape index (κ1) is 16.7. The molecule has 1 N–H and O–H groups in total. The van der Waals surface area contributed by atoms with Crippen molar-refractivity contribution in [2.75, 3.05) is 19.5 Å². The molecule has 25 heavy (non-hydrogen) atoms. The number of methoxy groups -OCH3 is 2. The molecule has 9 heteroatoms. The molecule has 0 atom stereocenters. The van der Waals surface area contributed by atoms with Gasteiger partial charge < -0.3 is 14.8 Å². The fourth-order valence-electron chi connectivity index (χ4n) is 2.28. The molecule has 0 aliphatic carbocycles. The van der Waals surface area contributed by atoms with Crippen molar-refractivity contribution in [3.63, 3.8) is 0 Å². The van der Waals surface area contributed by atoms with E-state index in [1.54, 1.807) is 36.4 Å². The largest absolute Gasteiger partial charge is 0.493 e. The zero-order valence-electron chi connectivity index (χ0n) is 13.4. The third-order valence-corrected chi connectivity index (χ3v) is 3.66. The summed E-state index contributed by atoms with van der Waals surface area (Å²) in [6.45, 7) is 0. The van der Waals surface area contributed by atoms with Crippen LogP contribution in [0.15, 0.2) is 42.7 Å². The van der Waals surface area contributed by atoms with Crippen LogP contribution in [0.25, 0.3) is 5.69 Å². The molecule has 3 rings (SSSR count). The fraction of sp³-hybridized carbons (Fsp3) is 0.125. The van der Waals surface area contributed by atoms with E-state index in [1.165, 1.54) is 25.2 Å². The molecule has 2 aromatic carbocycles. The Bertz CT molecular complexity index is 899. The SMILES string of the molecule is COc1cc(C(=O)Nc2cccc(Cl)c2)c(-n2cnnn2)cc1OC. The van der Waals surface area contributed by atoms with Gasteiger partial charge in [-0.25, -0.2) is 0 Å². The molecule has 128 valence electrons. The van der Waals surface area contributed by atoms with E-state index in [-0.39, 0.29) is 5.91 Å². The van der Waals surface area contributed by atoms with Gasteiger partial charge in [0.1, 0.15) is 6.33 Å². The molecule has 3 aromatic rings. The number of aromatic nitrogens is 4. The van der Waals surface area contributed by atoms with Crippen LogP contribution < -0.4 is 14.8 Å². The smallest absolute Gasteiger partial charge is 0.258 e. The van der Waals surface area contributed by atoms with Gasteiger partial charge in [0, 0.05) is 16.8 Å². The molecule has 0 unspecified atom stereocenters. The molecule has 0 aliphatic heterocycles. The number of amides is 1. The standard InChI is InChI=1S/C16H14ClN5O3/c1-24-14-7-12(16(23)19-11-5-3-4-10(17)6-11)13(8-15(14)25-2)22-9-18-20-21-22/h3-9H,1-2H3,(H,19,23). The number of ether oxygens (including phenoxy) is 2. The second-order valence-electron chi connectivity index (χ2n) is 4.94. The number of hydrogen-bond acceptors (Lipinski definition) is 6. The molecule has 0 radical (unpaired) electrons. The minimum atomic E-state index is -0.367. The lowest BCUT2D eigenvalue weighted by Gasteiger charge is -2.14. The fourth-order valence-corrected chi connectivity index (χ4v) is 2.47. The molecule has 1 aromatic heterocycles. The summed E-state index contributed by atoms with van der Waals surface area (Å²) < 4.78 is 11.9. The number of tetrazole rings is 1. The van der Waals surface area contributed by atoms with E-state index in [0.717, 1.165) is 0 Å². The van der Waals surface area contributed by atoms with Crippen molar-refractivity contribution < 1.29 is 14.3 Å².